The summed E-state index contributed by atoms with van der Waals surface area (Å²) in [7, 11) is 0. The van der Waals surface area contributed by atoms with E-state index >= 15 is 0 Å². The van der Waals surface area contributed by atoms with Crippen LogP contribution in [0.25, 0.3) is 0 Å². The Balaban J connectivity index is 1.52. The first-order valence-corrected chi connectivity index (χ1v) is 9.99. The number of nitrogens with zero attached hydrogens (tertiary/aromatic N) is 3. The third-order valence-electron chi connectivity index (χ3n) is 6.49. The number of pyridine rings is 1. The van der Waals surface area contributed by atoms with Gasteiger partial charge in [-0.1, -0.05) is 25.3 Å². The molecule has 1 saturated carbocycles. The van der Waals surface area contributed by atoms with Crippen LogP contribution in [0.5, 0.6) is 0 Å². The molecule has 0 bridgehead atoms. The van der Waals surface area contributed by atoms with Crippen LogP contribution in [0.15, 0.2) is 18.2 Å². The van der Waals surface area contributed by atoms with Crippen molar-refractivity contribution < 1.29 is 18.0 Å². The predicted octanol–water partition coefficient (Wildman–Crippen LogP) is 4.25. The van der Waals surface area contributed by atoms with E-state index in [9.17, 15) is 18.0 Å². The van der Waals surface area contributed by atoms with Gasteiger partial charge in [-0.15, -0.1) is 0 Å². The lowest BCUT2D eigenvalue weighted by Crippen LogP contribution is -2.50. The standard InChI is InChI=1S/C20H26F3N3O/c21-20(22,23)16-8-4-9-17(24-16)25-12-5-10-19(14-25)11-13-26(18(19)27)15-6-2-1-3-7-15/h4,8-9,15H,1-3,5-7,10-14H2. The average molecular weight is 381 g/mol. The average Bonchev–Trinajstić information content (AvgIpc) is 2.98. The summed E-state index contributed by atoms with van der Waals surface area (Å²) in [5, 5.41) is 0. The number of likely N-dealkylation sites (tertiary alicyclic amines) is 1. The highest BCUT2D eigenvalue weighted by Crippen LogP contribution is 2.43. The van der Waals surface area contributed by atoms with Gasteiger partial charge in [-0.3, -0.25) is 4.79 Å². The number of anilines is 1. The molecular weight excluding hydrogens is 355 g/mol. The van der Waals surface area contributed by atoms with Gasteiger partial charge in [-0.25, -0.2) is 4.98 Å². The molecule has 2 aliphatic heterocycles. The van der Waals surface area contributed by atoms with Crippen LogP contribution in [0.1, 0.15) is 57.1 Å². The molecule has 3 aliphatic rings. The maximum atomic E-state index is 13.3. The molecule has 1 unspecified atom stereocenters. The van der Waals surface area contributed by atoms with Crippen molar-refractivity contribution in [2.75, 3.05) is 24.5 Å². The number of amides is 1. The van der Waals surface area contributed by atoms with E-state index in [1.807, 2.05) is 4.90 Å². The van der Waals surface area contributed by atoms with Gasteiger partial charge in [0, 0.05) is 25.7 Å². The van der Waals surface area contributed by atoms with Crippen molar-refractivity contribution >= 4 is 11.7 Å². The molecule has 148 valence electrons. The Hall–Kier alpha value is -1.79. The molecular formula is C20H26F3N3O. The van der Waals surface area contributed by atoms with Crippen molar-refractivity contribution in [1.29, 1.82) is 0 Å². The van der Waals surface area contributed by atoms with Gasteiger partial charge in [0.05, 0.1) is 5.41 Å². The first-order valence-electron chi connectivity index (χ1n) is 9.99. The van der Waals surface area contributed by atoms with Crippen LogP contribution in [0.2, 0.25) is 0 Å². The van der Waals surface area contributed by atoms with Crippen molar-refractivity contribution in [3.63, 3.8) is 0 Å². The Morgan fingerprint density at radius 3 is 2.56 bits per heavy atom. The summed E-state index contributed by atoms with van der Waals surface area (Å²) in [6.07, 6.45) is 3.76. The molecule has 1 aromatic rings. The van der Waals surface area contributed by atoms with Crippen molar-refractivity contribution in [2.24, 2.45) is 5.41 Å². The monoisotopic (exact) mass is 381 g/mol. The summed E-state index contributed by atoms with van der Waals surface area (Å²) >= 11 is 0. The molecule has 0 N–H and O–H groups in total. The van der Waals surface area contributed by atoms with Crippen LogP contribution >= 0.6 is 0 Å². The molecule has 7 heteroatoms. The van der Waals surface area contributed by atoms with E-state index in [-0.39, 0.29) is 5.91 Å². The van der Waals surface area contributed by atoms with Crippen LogP contribution in [0, 0.1) is 5.41 Å². The molecule has 3 heterocycles. The lowest BCUT2D eigenvalue weighted by molar-refractivity contribution is -0.141. The smallest absolute Gasteiger partial charge is 0.356 e. The molecule has 27 heavy (non-hydrogen) atoms. The number of carbonyl (C=O) groups is 1. The molecule has 0 radical (unpaired) electrons. The minimum Gasteiger partial charge on any atom is -0.356 e. The highest BCUT2D eigenvalue weighted by molar-refractivity contribution is 5.86. The first-order chi connectivity index (χ1) is 12.9. The maximum Gasteiger partial charge on any atom is 0.433 e. The van der Waals surface area contributed by atoms with Crippen molar-refractivity contribution in [2.45, 2.75) is 63.6 Å². The largest absolute Gasteiger partial charge is 0.433 e. The van der Waals surface area contributed by atoms with Gasteiger partial charge in [0.15, 0.2) is 0 Å². The molecule has 2 saturated heterocycles. The summed E-state index contributed by atoms with van der Waals surface area (Å²) in [5.74, 6) is 0.541. The van der Waals surface area contributed by atoms with Crippen molar-refractivity contribution in [3.05, 3.63) is 23.9 Å². The highest BCUT2D eigenvalue weighted by Gasteiger charge is 2.50. The number of piperidine rings is 1. The van der Waals surface area contributed by atoms with E-state index in [4.69, 9.17) is 0 Å². The summed E-state index contributed by atoms with van der Waals surface area (Å²) in [6, 6.07) is 4.37. The number of aromatic nitrogens is 1. The summed E-state index contributed by atoms with van der Waals surface area (Å²) in [4.78, 5) is 21.1. The van der Waals surface area contributed by atoms with Gasteiger partial charge >= 0.3 is 6.18 Å². The van der Waals surface area contributed by atoms with Crippen LogP contribution in [0.3, 0.4) is 0 Å². The zero-order valence-corrected chi connectivity index (χ0v) is 15.5. The fourth-order valence-electron chi connectivity index (χ4n) is 5.05. The normalized spacial score (nSPS) is 27.6. The Morgan fingerprint density at radius 1 is 1.04 bits per heavy atom. The molecule has 1 spiro atoms. The molecule has 1 atom stereocenters. The molecule has 4 nitrogen and oxygen atoms in total. The third kappa shape index (κ3) is 3.52. The fraction of sp³-hybridized carbons (Fsp3) is 0.700. The van der Waals surface area contributed by atoms with E-state index in [1.54, 1.807) is 6.07 Å². The van der Waals surface area contributed by atoms with Crippen LogP contribution < -0.4 is 4.90 Å². The van der Waals surface area contributed by atoms with Crippen LogP contribution in [0.4, 0.5) is 19.0 Å². The summed E-state index contributed by atoms with van der Waals surface area (Å²) < 4.78 is 39.0. The Kier molecular flexibility index (Phi) is 4.80. The number of rotatable bonds is 2. The van der Waals surface area contributed by atoms with E-state index < -0.39 is 17.3 Å². The topological polar surface area (TPSA) is 36.4 Å². The second kappa shape index (κ2) is 6.99. The van der Waals surface area contributed by atoms with Gasteiger partial charge in [-0.05, 0) is 44.2 Å². The second-order valence-electron chi connectivity index (χ2n) is 8.22. The number of carbonyl (C=O) groups excluding carboxylic acids is 1. The first kappa shape index (κ1) is 18.6. The molecule has 3 fully saturated rings. The highest BCUT2D eigenvalue weighted by atomic mass is 19.4. The minimum atomic E-state index is -4.45. The maximum absolute atomic E-state index is 13.3. The zero-order chi connectivity index (χ0) is 19.1. The van der Waals surface area contributed by atoms with E-state index in [0.29, 0.717) is 24.9 Å². The summed E-state index contributed by atoms with van der Waals surface area (Å²) in [5.41, 5.74) is -1.33. The fourth-order valence-corrected chi connectivity index (χ4v) is 5.05. The summed E-state index contributed by atoms with van der Waals surface area (Å²) in [6.45, 7) is 1.91. The van der Waals surface area contributed by atoms with Gasteiger partial charge in [0.1, 0.15) is 11.5 Å². The molecule has 1 aromatic heterocycles. The zero-order valence-electron chi connectivity index (χ0n) is 15.5. The van der Waals surface area contributed by atoms with Gasteiger partial charge in [0.2, 0.25) is 5.91 Å². The Labute approximate surface area is 157 Å². The number of alkyl halides is 3. The number of halogens is 3. The Morgan fingerprint density at radius 2 is 1.81 bits per heavy atom. The minimum absolute atomic E-state index is 0.214. The number of hydrogen-bond donors (Lipinski definition) is 0. The predicted molar refractivity (Wildman–Crippen MR) is 96.3 cm³/mol. The lowest BCUT2D eigenvalue weighted by atomic mass is 9.78. The van der Waals surface area contributed by atoms with E-state index in [2.05, 4.69) is 9.88 Å². The van der Waals surface area contributed by atoms with E-state index in [0.717, 1.165) is 44.7 Å². The quantitative estimate of drug-likeness (QED) is 0.768. The van der Waals surface area contributed by atoms with Gasteiger partial charge < -0.3 is 9.80 Å². The van der Waals surface area contributed by atoms with Crippen molar-refractivity contribution in [1.82, 2.24) is 9.88 Å². The van der Waals surface area contributed by atoms with Gasteiger partial charge in [-0.2, -0.15) is 13.2 Å². The lowest BCUT2D eigenvalue weighted by Gasteiger charge is -2.40. The van der Waals surface area contributed by atoms with Crippen LogP contribution in [-0.2, 0) is 11.0 Å². The van der Waals surface area contributed by atoms with Crippen LogP contribution in [-0.4, -0.2) is 41.5 Å². The second-order valence-corrected chi connectivity index (χ2v) is 8.22. The molecule has 4 rings (SSSR count). The van der Waals surface area contributed by atoms with Crippen molar-refractivity contribution in [3.8, 4) is 0 Å². The SMILES string of the molecule is O=C1N(C2CCCCC2)CCC12CCCN(c1cccc(C(F)(F)F)n1)C2. The molecule has 1 aliphatic carbocycles. The molecule has 1 amide bonds. The van der Waals surface area contributed by atoms with Gasteiger partial charge in [0.25, 0.3) is 0 Å². The number of hydrogen-bond acceptors (Lipinski definition) is 3. The molecule has 0 aromatic carbocycles. The Bertz CT molecular complexity index is 702. The van der Waals surface area contributed by atoms with E-state index in [1.165, 1.54) is 25.3 Å². The third-order valence-corrected chi connectivity index (χ3v) is 6.49.